The molecule has 1 amide bonds. The smallest absolute Gasteiger partial charge is 0.243 e. The normalized spacial score (nSPS) is 18.5. The van der Waals surface area contributed by atoms with Gasteiger partial charge in [0, 0.05) is 50.9 Å². The first-order valence-corrected chi connectivity index (χ1v) is 13.1. The molecule has 2 aliphatic rings. The summed E-state index contributed by atoms with van der Waals surface area (Å²) in [6.45, 7) is 7.66. The highest BCUT2D eigenvalue weighted by Crippen LogP contribution is 2.28. The van der Waals surface area contributed by atoms with Crippen molar-refractivity contribution in [2.75, 3.05) is 44.2 Å². The Bertz CT molecular complexity index is 1140. The number of hydrogen-bond donors (Lipinski definition) is 0. The molecule has 0 N–H and O–H groups in total. The van der Waals surface area contributed by atoms with Crippen molar-refractivity contribution in [2.24, 2.45) is 5.92 Å². The van der Waals surface area contributed by atoms with Crippen molar-refractivity contribution < 1.29 is 17.6 Å². The van der Waals surface area contributed by atoms with Crippen LogP contribution in [0, 0.1) is 25.6 Å². The van der Waals surface area contributed by atoms with Crippen LogP contribution in [0.1, 0.15) is 24.0 Å². The summed E-state index contributed by atoms with van der Waals surface area (Å²) in [5.74, 6) is -0.726. The van der Waals surface area contributed by atoms with Crippen LogP contribution in [0.25, 0.3) is 0 Å². The summed E-state index contributed by atoms with van der Waals surface area (Å²) >= 11 is 5.76. The van der Waals surface area contributed by atoms with Crippen LogP contribution in [0.3, 0.4) is 0 Å². The fourth-order valence-corrected chi connectivity index (χ4v) is 6.38. The maximum atomic E-state index is 13.4. The van der Waals surface area contributed by atoms with Gasteiger partial charge in [-0.25, -0.2) is 12.8 Å². The predicted octanol–water partition coefficient (Wildman–Crippen LogP) is 3.85. The minimum atomic E-state index is -3.77. The standard InChI is InChI=1S/C24H29ClFN3O3S/c1-17-4-3-5-23(18(17)2)27-12-14-28(15-13-27)24(30)19-8-10-29(11-9-19)33(31,32)20-6-7-22(26)21(25)16-20/h3-7,16,19H,8-15H2,1-2H3. The van der Waals surface area contributed by atoms with Crippen molar-refractivity contribution in [1.29, 1.82) is 0 Å². The summed E-state index contributed by atoms with van der Waals surface area (Å²) in [4.78, 5) is 17.3. The van der Waals surface area contributed by atoms with Crippen LogP contribution in [0.5, 0.6) is 0 Å². The first kappa shape index (κ1) is 24.0. The molecule has 0 spiro atoms. The van der Waals surface area contributed by atoms with Gasteiger partial charge in [0.1, 0.15) is 5.82 Å². The summed E-state index contributed by atoms with van der Waals surface area (Å²) in [5.41, 5.74) is 3.76. The molecular weight excluding hydrogens is 465 g/mol. The predicted molar refractivity (Wildman–Crippen MR) is 128 cm³/mol. The lowest BCUT2D eigenvalue weighted by molar-refractivity contribution is -0.137. The Morgan fingerprint density at radius 3 is 2.30 bits per heavy atom. The topological polar surface area (TPSA) is 60.9 Å². The number of anilines is 1. The molecule has 33 heavy (non-hydrogen) atoms. The number of carbonyl (C=O) groups excluding carboxylic acids is 1. The van der Waals surface area contributed by atoms with Crippen LogP contribution in [0.2, 0.25) is 5.02 Å². The quantitative estimate of drug-likeness (QED) is 0.649. The zero-order valence-electron chi connectivity index (χ0n) is 18.9. The Morgan fingerprint density at radius 1 is 1.00 bits per heavy atom. The van der Waals surface area contributed by atoms with E-state index in [4.69, 9.17) is 11.6 Å². The van der Waals surface area contributed by atoms with E-state index in [1.165, 1.54) is 27.2 Å². The van der Waals surface area contributed by atoms with Gasteiger partial charge in [-0.2, -0.15) is 4.31 Å². The number of rotatable bonds is 4. The minimum absolute atomic E-state index is 0.0266. The van der Waals surface area contributed by atoms with E-state index >= 15 is 0 Å². The van der Waals surface area contributed by atoms with Crippen LogP contribution >= 0.6 is 11.6 Å². The molecule has 9 heteroatoms. The summed E-state index contributed by atoms with van der Waals surface area (Å²) in [6, 6.07) is 9.72. The number of halogens is 2. The molecule has 0 aliphatic carbocycles. The number of aryl methyl sites for hydroxylation is 1. The van der Waals surface area contributed by atoms with Crippen molar-refractivity contribution in [3.63, 3.8) is 0 Å². The molecule has 0 saturated carbocycles. The second-order valence-corrected chi connectivity index (χ2v) is 11.1. The van der Waals surface area contributed by atoms with Gasteiger partial charge >= 0.3 is 0 Å². The van der Waals surface area contributed by atoms with E-state index in [2.05, 4.69) is 36.9 Å². The van der Waals surface area contributed by atoms with Gasteiger partial charge in [-0.15, -0.1) is 0 Å². The molecule has 178 valence electrons. The van der Waals surface area contributed by atoms with Crippen molar-refractivity contribution in [1.82, 2.24) is 9.21 Å². The number of carbonyl (C=O) groups is 1. The lowest BCUT2D eigenvalue weighted by Gasteiger charge is -2.39. The van der Waals surface area contributed by atoms with Crippen LogP contribution in [0.15, 0.2) is 41.3 Å². The van der Waals surface area contributed by atoms with E-state index in [0.717, 1.165) is 25.2 Å². The van der Waals surface area contributed by atoms with Gasteiger partial charge in [-0.05, 0) is 62.1 Å². The van der Waals surface area contributed by atoms with E-state index in [-0.39, 0.29) is 34.8 Å². The zero-order chi connectivity index (χ0) is 23.8. The summed E-state index contributed by atoms with van der Waals surface area (Å²) in [5, 5.41) is -0.221. The molecule has 6 nitrogen and oxygen atoms in total. The monoisotopic (exact) mass is 493 g/mol. The summed E-state index contributed by atoms with van der Waals surface area (Å²) in [7, 11) is -3.77. The van der Waals surface area contributed by atoms with E-state index in [0.29, 0.717) is 25.9 Å². The molecule has 4 rings (SSSR count). The van der Waals surface area contributed by atoms with Crippen LogP contribution in [-0.4, -0.2) is 62.8 Å². The van der Waals surface area contributed by atoms with Gasteiger partial charge < -0.3 is 9.80 Å². The highest BCUT2D eigenvalue weighted by Gasteiger charge is 2.35. The molecule has 0 aromatic heterocycles. The number of piperidine rings is 1. The SMILES string of the molecule is Cc1cccc(N2CCN(C(=O)C3CCN(S(=O)(=O)c4ccc(F)c(Cl)c4)CC3)CC2)c1C. The molecular formula is C24H29ClFN3O3S. The largest absolute Gasteiger partial charge is 0.368 e. The van der Waals surface area contributed by atoms with Crippen molar-refractivity contribution in [3.05, 3.63) is 58.4 Å². The number of amides is 1. The van der Waals surface area contributed by atoms with Gasteiger partial charge in [0.25, 0.3) is 0 Å². The lowest BCUT2D eigenvalue weighted by atomic mass is 9.96. The van der Waals surface area contributed by atoms with E-state index in [1.807, 2.05) is 4.90 Å². The highest BCUT2D eigenvalue weighted by atomic mass is 35.5. The second-order valence-electron chi connectivity index (χ2n) is 8.79. The third-order valence-electron chi connectivity index (χ3n) is 6.84. The van der Waals surface area contributed by atoms with Gasteiger partial charge in [-0.3, -0.25) is 4.79 Å². The molecule has 0 unspecified atom stereocenters. The maximum Gasteiger partial charge on any atom is 0.243 e. The molecule has 0 bridgehead atoms. The zero-order valence-corrected chi connectivity index (χ0v) is 20.5. The third-order valence-corrected chi connectivity index (χ3v) is 9.02. The van der Waals surface area contributed by atoms with E-state index < -0.39 is 15.8 Å². The molecule has 2 saturated heterocycles. The highest BCUT2D eigenvalue weighted by molar-refractivity contribution is 7.89. The summed E-state index contributed by atoms with van der Waals surface area (Å²) in [6.07, 6.45) is 0.953. The number of sulfonamides is 1. The van der Waals surface area contributed by atoms with Gasteiger partial charge in [0.05, 0.1) is 9.92 Å². The summed E-state index contributed by atoms with van der Waals surface area (Å²) < 4.78 is 40.6. The van der Waals surface area contributed by atoms with E-state index in [1.54, 1.807) is 0 Å². The second kappa shape index (κ2) is 9.60. The van der Waals surface area contributed by atoms with Crippen LogP contribution < -0.4 is 4.90 Å². The average Bonchev–Trinajstić information content (AvgIpc) is 2.82. The number of hydrogen-bond acceptors (Lipinski definition) is 4. The molecule has 0 atom stereocenters. The Hall–Kier alpha value is -2.16. The Morgan fingerprint density at radius 2 is 1.67 bits per heavy atom. The van der Waals surface area contributed by atoms with E-state index in [9.17, 15) is 17.6 Å². The fourth-order valence-electron chi connectivity index (χ4n) is 4.63. The fraction of sp³-hybridized carbons (Fsp3) is 0.458. The van der Waals surface area contributed by atoms with Crippen molar-refractivity contribution >= 4 is 33.2 Å². The first-order chi connectivity index (χ1) is 15.7. The van der Waals surface area contributed by atoms with Crippen molar-refractivity contribution in [2.45, 2.75) is 31.6 Å². The Kier molecular flexibility index (Phi) is 6.98. The Balaban J connectivity index is 1.33. The first-order valence-electron chi connectivity index (χ1n) is 11.2. The third kappa shape index (κ3) is 4.88. The average molecular weight is 494 g/mol. The molecule has 2 fully saturated rings. The van der Waals surface area contributed by atoms with Gasteiger partial charge in [-0.1, -0.05) is 23.7 Å². The van der Waals surface area contributed by atoms with Gasteiger partial charge in [0.15, 0.2) is 0 Å². The molecule has 2 aromatic carbocycles. The maximum absolute atomic E-state index is 13.4. The van der Waals surface area contributed by atoms with Crippen LogP contribution in [0.4, 0.5) is 10.1 Å². The lowest BCUT2D eigenvalue weighted by Crippen LogP contribution is -2.52. The molecule has 2 aliphatic heterocycles. The Labute approximate surface area is 200 Å². The number of benzene rings is 2. The number of piperazine rings is 1. The molecule has 0 radical (unpaired) electrons. The minimum Gasteiger partial charge on any atom is -0.368 e. The molecule has 2 heterocycles. The number of nitrogens with zero attached hydrogens (tertiary/aromatic N) is 3. The van der Waals surface area contributed by atoms with Crippen molar-refractivity contribution in [3.8, 4) is 0 Å². The van der Waals surface area contributed by atoms with Crippen LogP contribution in [-0.2, 0) is 14.8 Å². The molecule has 2 aromatic rings. The van der Waals surface area contributed by atoms with Gasteiger partial charge in [0.2, 0.25) is 15.9 Å².